The van der Waals surface area contributed by atoms with Gasteiger partial charge < -0.3 is 15.0 Å². The van der Waals surface area contributed by atoms with E-state index in [1.807, 2.05) is 20.8 Å². The van der Waals surface area contributed by atoms with Gasteiger partial charge in [0.25, 0.3) is 0 Å². The average Bonchev–Trinajstić information content (AvgIpc) is 2.82. The molecule has 0 saturated heterocycles. The summed E-state index contributed by atoms with van der Waals surface area (Å²) in [4.78, 5) is 15.0. The van der Waals surface area contributed by atoms with Gasteiger partial charge in [-0.2, -0.15) is 0 Å². The minimum Gasteiger partial charge on any atom is -0.444 e. The maximum Gasteiger partial charge on any atom is 0.410 e. The Bertz CT molecular complexity index is 539. The van der Waals surface area contributed by atoms with Gasteiger partial charge in [0.1, 0.15) is 5.60 Å². The number of amides is 1. The van der Waals surface area contributed by atoms with Gasteiger partial charge >= 0.3 is 6.09 Å². The van der Waals surface area contributed by atoms with Crippen molar-refractivity contribution in [2.45, 2.75) is 58.1 Å². The van der Waals surface area contributed by atoms with E-state index in [2.05, 4.69) is 11.4 Å². The van der Waals surface area contributed by atoms with Crippen LogP contribution in [0.5, 0.6) is 0 Å². The summed E-state index contributed by atoms with van der Waals surface area (Å²) < 4.78 is 6.23. The van der Waals surface area contributed by atoms with Crippen molar-refractivity contribution in [2.24, 2.45) is 0 Å². The number of halogens is 1. The Morgan fingerprint density at radius 1 is 1.52 bits per heavy atom. The summed E-state index contributed by atoms with van der Waals surface area (Å²) in [6, 6.07) is 2.50. The van der Waals surface area contributed by atoms with Crippen LogP contribution in [-0.4, -0.2) is 36.7 Å². The highest BCUT2D eigenvalue weighted by atomic mass is 35.5. The zero-order valence-electron chi connectivity index (χ0n) is 14.4. The Morgan fingerprint density at radius 3 is 2.96 bits per heavy atom. The van der Waals surface area contributed by atoms with E-state index in [1.54, 1.807) is 23.3 Å². The molecular formula is C17H27ClN2O2S. The third-order valence-corrected chi connectivity index (χ3v) is 5.19. The van der Waals surface area contributed by atoms with Crippen LogP contribution in [0.3, 0.4) is 0 Å². The van der Waals surface area contributed by atoms with Gasteiger partial charge in [-0.25, -0.2) is 4.79 Å². The molecule has 0 aromatic carbocycles. The Morgan fingerprint density at radius 2 is 2.26 bits per heavy atom. The van der Waals surface area contributed by atoms with E-state index < -0.39 is 5.60 Å². The standard InChI is InChI=1S/C17H27ClN2O2S/c1-17(2,3)22-16(21)20(4)10-6-9-19-13-7-5-8-14-12(13)11-15(18)23-14/h11,13,19H,5-10H2,1-4H3. The maximum atomic E-state index is 11.9. The Kier molecular flexibility index (Phi) is 6.34. The third kappa shape index (κ3) is 5.66. The molecule has 1 heterocycles. The number of nitrogens with zero attached hydrogens (tertiary/aromatic N) is 1. The number of carbonyl (C=O) groups is 1. The highest BCUT2D eigenvalue weighted by Crippen LogP contribution is 2.37. The van der Waals surface area contributed by atoms with Crippen LogP contribution in [0.25, 0.3) is 0 Å². The summed E-state index contributed by atoms with van der Waals surface area (Å²) >= 11 is 7.84. The molecule has 1 aliphatic rings. The Hall–Kier alpha value is -0.780. The highest BCUT2D eigenvalue weighted by Gasteiger charge is 2.22. The van der Waals surface area contributed by atoms with Crippen molar-refractivity contribution >= 4 is 29.0 Å². The van der Waals surface area contributed by atoms with Crippen molar-refractivity contribution in [1.82, 2.24) is 10.2 Å². The lowest BCUT2D eigenvalue weighted by molar-refractivity contribution is 0.0297. The fraction of sp³-hybridized carbons (Fsp3) is 0.706. The number of nitrogens with one attached hydrogen (secondary N) is 1. The molecule has 0 radical (unpaired) electrons. The first-order valence-electron chi connectivity index (χ1n) is 8.22. The molecule has 0 saturated carbocycles. The second kappa shape index (κ2) is 7.86. The van der Waals surface area contributed by atoms with Crippen molar-refractivity contribution in [2.75, 3.05) is 20.1 Å². The maximum absolute atomic E-state index is 11.9. The molecule has 4 nitrogen and oxygen atoms in total. The lowest BCUT2D eigenvalue weighted by Gasteiger charge is -2.26. The zero-order valence-corrected chi connectivity index (χ0v) is 16.0. The van der Waals surface area contributed by atoms with E-state index in [4.69, 9.17) is 16.3 Å². The van der Waals surface area contributed by atoms with Crippen LogP contribution in [0.1, 0.15) is 56.5 Å². The predicted octanol–water partition coefficient (Wildman–Crippen LogP) is 4.63. The fourth-order valence-corrected chi connectivity index (χ4v) is 4.14. The summed E-state index contributed by atoms with van der Waals surface area (Å²) in [5.41, 5.74) is 0.923. The van der Waals surface area contributed by atoms with Gasteiger partial charge in [-0.3, -0.25) is 0 Å². The van der Waals surface area contributed by atoms with Crippen LogP contribution in [0, 0.1) is 0 Å². The van der Waals surface area contributed by atoms with Gasteiger partial charge in [-0.05, 0) is 64.6 Å². The summed E-state index contributed by atoms with van der Waals surface area (Å²) in [5, 5.41) is 3.60. The lowest BCUT2D eigenvalue weighted by atomic mass is 9.94. The molecule has 1 amide bonds. The summed E-state index contributed by atoms with van der Waals surface area (Å²) in [7, 11) is 1.78. The lowest BCUT2D eigenvalue weighted by Crippen LogP contribution is -2.36. The van der Waals surface area contributed by atoms with E-state index in [9.17, 15) is 4.79 Å². The number of rotatable bonds is 5. The normalized spacial score (nSPS) is 17.7. The zero-order chi connectivity index (χ0) is 17.0. The van der Waals surface area contributed by atoms with Crippen molar-refractivity contribution < 1.29 is 9.53 Å². The van der Waals surface area contributed by atoms with E-state index >= 15 is 0 Å². The SMILES string of the molecule is CN(CCCNC1CCCc2sc(Cl)cc21)C(=O)OC(C)(C)C. The van der Waals surface area contributed by atoms with Gasteiger partial charge in [-0.15, -0.1) is 11.3 Å². The first-order chi connectivity index (χ1) is 10.8. The molecule has 1 unspecified atom stereocenters. The topological polar surface area (TPSA) is 41.6 Å². The first-order valence-corrected chi connectivity index (χ1v) is 9.41. The smallest absolute Gasteiger partial charge is 0.410 e. The number of ether oxygens (including phenoxy) is 1. The number of carbonyl (C=O) groups excluding carboxylic acids is 1. The minimum absolute atomic E-state index is 0.262. The fourth-order valence-electron chi connectivity index (χ4n) is 2.76. The predicted molar refractivity (Wildman–Crippen MR) is 96.5 cm³/mol. The van der Waals surface area contributed by atoms with Gasteiger partial charge in [0, 0.05) is 24.5 Å². The average molecular weight is 359 g/mol. The van der Waals surface area contributed by atoms with Crippen LogP contribution >= 0.6 is 22.9 Å². The molecule has 1 aromatic rings. The molecule has 0 fully saturated rings. The van der Waals surface area contributed by atoms with E-state index in [1.165, 1.54) is 16.9 Å². The second-order valence-electron chi connectivity index (χ2n) is 7.08. The van der Waals surface area contributed by atoms with Crippen LogP contribution in [0.15, 0.2) is 6.07 Å². The number of thiophene rings is 1. The second-order valence-corrected chi connectivity index (χ2v) is 8.85. The molecule has 1 N–H and O–H groups in total. The van der Waals surface area contributed by atoms with Gasteiger partial charge in [0.05, 0.1) is 4.34 Å². The van der Waals surface area contributed by atoms with Crippen molar-refractivity contribution in [3.8, 4) is 0 Å². The van der Waals surface area contributed by atoms with E-state index in [0.717, 1.165) is 30.1 Å². The molecule has 1 atom stereocenters. The Labute approximate surface area is 148 Å². The summed E-state index contributed by atoms with van der Waals surface area (Å²) in [6.45, 7) is 7.21. The first kappa shape index (κ1) is 18.6. The van der Waals surface area contributed by atoms with Gasteiger partial charge in [0.2, 0.25) is 0 Å². The molecule has 2 rings (SSSR count). The van der Waals surface area contributed by atoms with Crippen LogP contribution in [-0.2, 0) is 11.2 Å². The molecule has 1 aliphatic carbocycles. The number of hydrogen-bond donors (Lipinski definition) is 1. The van der Waals surface area contributed by atoms with Crippen molar-refractivity contribution in [3.05, 3.63) is 20.8 Å². The number of aryl methyl sites for hydroxylation is 1. The molecule has 0 bridgehead atoms. The monoisotopic (exact) mass is 358 g/mol. The van der Waals surface area contributed by atoms with Crippen molar-refractivity contribution in [1.29, 1.82) is 0 Å². The van der Waals surface area contributed by atoms with Crippen LogP contribution in [0.2, 0.25) is 4.34 Å². The van der Waals surface area contributed by atoms with Gasteiger partial charge in [0.15, 0.2) is 0 Å². The molecule has 0 spiro atoms. The summed E-state index contributed by atoms with van der Waals surface area (Å²) in [6.07, 6.45) is 4.15. The van der Waals surface area contributed by atoms with Crippen LogP contribution in [0.4, 0.5) is 4.79 Å². The van der Waals surface area contributed by atoms with Crippen molar-refractivity contribution in [3.63, 3.8) is 0 Å². The van der Waals surface area contributed by atoms with E-state index in [0.29, 0.717) is 12.6 Å². The Balaban J connectivity index is 1.73. The molecule has 23 heavy (non-hydrogen) atoms. The molecular weight excluding hydrogens is 332 g/mol. The third-order valence-electron chi connectivity index (χ3n) is 3.85. The van der Waals surface area contributed by atoms with E-state index in [-0.39, 0.29) is 6.09 Å². The number of hydrogen-bond acceptors (Lipinski definition) is 4. The molecule has 1 aromatic heterocycles. The highest BCUT2D eigenvalue weighted by molar-refractivity contribution is 7.16. The minimum atomic E-state index is -0.444. The largest absolute Gasteiger partial charge is 0.444 e. The van der Waals surface area contributed by atoms with Gasteiger partial charge in [-0.1, -0.05) is 11.6 Å². The molecule has 0 aliphatic heterocycles. The summed E-state index contributed by atoms with van der Waals surface area (Å²) in [5.74, 6) is 0. The molecule has 130 valence electrons. The van der Waals surface area contributed by atoms with Crippen LogP contribution < -0.4 is 5.32 Å². The number of fused-ring (bicyclic) bond motifs is 1. The molecule has 6 heteroatoms. The quantitative estimate of drug-likeness (QED) is 0.780.